The Morgan fingerprint density at radius 1 is 1.62 bits per heavy atom. The average Bonchev–Trinajstić information content (AvgIpc) is 2.65. The molecule has 1 aliphatic heterocycles. The number of carbonyl (C=O) groups is 3. The van der Waals surface area contributed by atoms with Crippen molar-refractivity contribution < 1.29 is 19.1 Å². The van der Waals surface area contributed by atoms with Gasteiger partial charge in [-0.15, -0.1) is 0 Å². The number of ether oxygens (including phenoxy) is 1. The largest absolute Gasteiger partial charge is 0.464 e. The van der Waals surface area contributed by atoms with Gasteiger partial charge in [0.25, 0.3) is 0 Å². The molecule has 0 aromatic rings. The highest BCUT2D eigenvalue weighted by atomic mass is 16.5. The molecule has 2 atom stereocenters. The van der Waals surface area contributed by atoms with E-state index in [2.05, 4.69) is 10.6 Å². The Labute approximate surface area is 93.7 Å². The van der Waals surface area contributed by atoms with Gasteiger partial charge in [-0.3, -0.25) is 9.59 Å². The molecule has 6 heteroatoms. The van der Waals surface area contributed by atoms with Crippen LogP contribution in [0.15, 0.2) is 0 Å². The zero-order chi connectivity index (χ0) is 12.1. The molecule has 0 radical (unpaired) electrons. The molecule has 90 valence electrons. The van der Waals surface area contributed by atoms with Gasteiger partial charge in [0.15, 0.2) is 0 Å². The Morgan fingerprint density at radius 3 is 2.81 bits per heavy atom. The van der Waals surface area contributed by atoms with Gasteiger partial charge >= 0.3 is 5.97 Å². The van der Waals surface area contributed by atoms with E-state index in [0.29, 0.717) is 12.8 Å². The van der Waals surface area contributed by atoms with Gasteiger partial charge in [0, 0.05) is 6.42 Å². The van der Waals surface area contributed by atoms with Crippen molar-refractivity contribution in [1.82, 2.24) is 10.6 Å². The van der Waals surface area contributed by atoms with Crippen LogP contribution < -0.4 is 10.6 Å². The van der Waals surface area contributed by atoms with Gasteiger partial charge in [-0.25, -0.2) is 4.79 Å². The molecule has 1 aliphatic rings. The Hall–Kier alpha value is -1.59. The zero-order valence-electron chi connectivity index (χ0n) is 9.41. The maximum atomic E-state index is 11.6. The van der Waals surface area contributed by atoms with Crippen LogP contribution >= 0.6 is 0 Å². The first kappa shape index (κ1) is 12.5. The summed E-state index contributed by atoms with van der Waals surface area (Å²) in [5.41, 5.74) is 0. The molecule has 1 saturated heterocycles. The Bertz CT molecular complexity index is 303. The molecule has 0 aromatic carbocycles. The summed E-state index contributed by atoms with van der Waals surface area (Å²) in [6.45, 7) is 3.52. The van der Waals surface area contributed by atoms with Crippen molar-refractivity contribution in [2.75, 3.05) is 6.61 Å². The highest BCUT2D eigenvalue weighted by molar-refractivity contribution is 5.92. The summed E-state index contributed by atoms with van der Waals surface area (Å²) < 4.78 is 4.75. The predicted molar refractivity (Wildman–Crippen MR) is 55.4 cm³/mol. The first-order chi connectivity index (χ1) is 7.54. The van der Waals surface area contributed by atoms with Crippen molar-refractivity contribution >= 4 is 17.8 Å². The molecule has 2 amide bonds. The molecular weight excluding hydrogens is 212 g/mol. The number of nitrogens with one attached hydrogen (secondary N) is 2. The van der Waals surface area contributed by atoms with Crippen molar-refractivity contribution in [3.8, 4) is 0 Å². The molecule has 2 unspecified atom stereocenters. The van der Waals surface area contributed by atoms with Gasteiger partial charge < -0.3 is 15.4 Å². The smallest absolute Gasteiger partial charge is 0.328 e. The molecule has 2 N–H and O–H groups in total. The van der Waals surface area contributed by atoms with Crippen molar-refractivity contribution in [2.24, 2.45) is 0 Å². The van der Waals surface area contributed by atoms with Gasteiger partial charge in [0.1, 0.15) is 12.1 Å². The summed E-state index contributed by atoms with van der Waals surface area (Å²) >= 11 is 0. The standard InChI is InChI=1S/C10H16N2O4/c1-3-16-10(15)6(2)11-9(14)7-4-5-8(13)12-7/h6-7H,3-5H2,1-2H3,(H,11,14)(H,12,13). The van der Waals surface area contributed by atoms with Gasteiger partial charge in [0.05, 0.1) is 6.61 Å². The van der Waals surface area contributed by atoms with E-state index >= 15 is 0 Å². The third-order valence-electron chi connectivity index (χ3n) is 2.31. The van der Waals surface area contributed by atoms with Crippen LogP contribution in [0.2, 0.25) is 0 Å². The molecule has 0 saturated carbocycles. The van der Waals surface area contributed by atoms with E-state index < -0.39 is 18.1 Å². The van der Waals surface area contributed by atoms with Gasteiger partial charge in [0.2, 0.25) is 11.8 Å². The van der Waals surface area contributed by atoms with Gasteiger partial charge in [-0.1, -0.05) is 0 Å². The molecule has 6 nitrogen and oxygen atoms in total. The summed E-state index contributed by atoms with van der Waals surface area (Å²) in [6, 6.07) is -1.21. The fraction of sp³-hybridized carbons (Fsp3) is 0.700. The van der Waals surface area contributed by atoms with E-state index in [0.717, 1.165) is 0 Å². The molecule has 0 bridgehead atoms. The second-order valence-corrected chi connectivity index (χ2v) is 3.64. The number of rotatable bonds is 4. The molecule has 0 spiro atoms. The predicted octanol–water partition coefficient (Wildman–Crippen LogP) is -0.667. The van der Waals surface area contributed by atoms with E-state index in [-0.39, 0.29) is 18.4 Å². The minimum Gasteiger partial charge on any atom is -0.464 e. The summed E-state index contributed by atoms with van der Waals surface area (Å²) in [6.07, 6.45) is 0.825. The molecule has 1 heterocycles. The first-order valence-corrected chi connectivity index (χ1v) is 5.31. The Kier molecular flexibility index (Phi) is 4.28. The summed E-state index contributed by atoms with van der Waals surface area (Å²) in [4.78, 5) is 33.7. The molecule has 0 aliphatic carbocycles. The summed E-state index contributed by atoms with van der Waals surface area (Å²) in [7, 11) is 0. The monoisotopic (exact) mass is 228 g/mol. The fourth-order valence-electron chi connectivity index (χ4n) is 1.45. The van der Waals surface area contributed by atoms with Crippen LogP contribution in [0.4, 0.5) is 0 Å². The van der Waals surface area contributed by atoms with E-state index in [9.17, 15) is 14.4 Å². The third-order valence-corrected chi connectivity index (χ3v) is 2.31. The Morgan fingerprint density at radius 2 is 2.31 bits per heavy atom. The zero-order valence-corrected chi connectivity index (χ0v) is 9.41. The van der Waals surface area contributed by atoms with Crippen LogP contribution in [-0.4, -0.2) is 36.5 Å². The van der Waals surface area contributed by atoms with E-state index in [1.165, 1.54) is 0 Å². The second kappa shape index (κ2) is 5.48. The second-order valence-electron chi connectivity index (χ2n) is 3.64. The van der Waals surface area contributed by atoms with Crippen LogP contribution in [0, 0.1) is 0 Å². The lowest BCUT2D eigenvalue weighted by atomic mass is 10.2. The first-order valence-electron chi connectivity index (χ1n) is 5.31. The summed E-state index contributed by atoms with van der Waals surface area (Å²) in [5, 5.41) is 5.03. The van der Waals surface area contributed by atoms with Crippen molar-refractivity contribution in [3.05, 3.63) is 0 Å². The number of hydrogen-bond acceptors (Lipinski definition) is 4. The number of esters is 1. The van der Waals surface area contributed by atoms with Crippen LogP contribution in [0.25, 0.3) is 0 Å². The van der Waals surface area contributed by atoms with Crippen LogP contribution in [0.1, 0.15) is 26.7 Å². The number of amides is 2. The fourth-order valence-corrected chi connectivity index (χ4v) is 1.45. The van der Waals surface area contributed by atoms with Crippen LogP contribution in [0.5, 0.6) is 0 Å². The minimum absolute atomic E-state index is 0.135. The van der Waals surface area contributed by atoms with Crippen LogP contribution in [0.3, 0.4) is 0 Å². The molecule has 16 heavy (non-hydrogen) atoms. The van der Waals surface area contributed by atoms with Gasteiger partial charge in [-0.2, -0.15) is 0 Å². The minimum atomic E-state index is -0.690. The molecule has 1 fully saturated rings. The average molecular weight is 228 g/mol. The summed E-state index contributed by atoms with van der Waals surface area (Å²) in [5.74, 6) is -0.949. The van der Waals surface area contributed by atoms with Crippen molar-refractivity contribution in [1.29, 1.82) is 0 Å². The SMILES string of the molecule is CCOC(=O)C(C)NC(=O)C1CCC(=O)N1. The topological polar surface area (TPSA) is 84.5 Å². The van der Waals surface area contributed by atoms with E-state index in [4.69, 9.17) is 4.74 Å². The lowest BCUT2D eigenvalue weighted by molar-refractivity contribution is -0.147. The molecule has 0 aromatic heterocycles. The molecular formula is C10H16N2O4. The number of carbonyl (C=O) groups excluding carboxylic acids is 3. The number of hydrogen-bond donors (Lipinski definition) is 2. The lowest BCUT2D eigenvalue weighted by Crippen LogP contribution is -2.48. The van der Waals surface area contributed by atoms with Crippen LogP contribution in [-0.2, 0) is 19.1 Å². The van der Waals surface area contributed by atoms with Gasteiger partial charge in [-0.05, 0) is 20.3 Å². The normalized spacial score (nSPS) is 21.1. The highest BCUT2D eigenvalue weighted by Gasteiger charge is 2.29. The third kappa shape index (κ3) is 3.22. The Balaban J connectivity index is 2.39. The maximum absolute atomic E-state index is 11.6. The van der Waals surface area contributed by atoms with Crippen molar-refractivity contribution in [2.45, 2.75) is 38.8 Å². The quantitative estimate of drug-likeness (QED) is 0.625. The van der Waals surface area contributed by atoms with Crippen molar-refractivity contribution in [3.63, 3.8) is 0 Å². The van der Waals surface area contributed by atoms with E-state index in [1.54, 1.807) is 13.8 Å². The maximum Gasteiger partial charge on any atom is 0.328 e. The lowest BCUT2D eigenvalue weighted by Gasteiger charge is -2.15. The molecule has 1 rings (SSSR count). The highest BCUT2D eigenvalue weighted by Crippen LogP contribution is 2.06. The van der Waals surface area contributed by atoms with E-state index in [1.807, 2.05) is 0 Å².